The molecular weight excluding hydrogens is 324 g/mol. The van der Waals surface area contributed by atoms with E-state index >= 15 is 0 Å². The zero-order chi connectivity index (χ0) is 15.7. The van der Waals surface area contributed by atoms with Gasteiger partial charge in [-0.1, -0.05) is 23.2 Å². The zero-order valence-electron chi connectivity index (χ0n) is 11.0. The third-order valence-electron chi connectivity index (χ3n) is 3.25. The molecule has 5 nitrogen and oxygen atoms in total. The first kappa shape index (κ1) is 16.0. The summed E-state index contributed by atoms with van der Waals surface area (Å²) in [5, 5.41) is 9.41. The van der Waals surface area contributed by atoms with Gasteiger partial charge in [0.15, 0.2) is 0 Å². The van der Waals surface area contributed by atoms with Crippen LogP contribution in [0.2, 0.25) is 10.0 Å². The van der Waals surface area contributed by atoms with Gasteiger partial charge >= 0.3 is 5.97 Å². The van der Waals surface area contributed by atoms with Crippen LogP contribution in [0.1, 0.15) is 16.8 Å². The molecule has 1 N–H and O–H groups in total. The molecule has 1 amide bonds. The molecule has 0 aromatic heterocycles. The summed E-state index contributed by atoms with van der Waals surface area (Å²) in [6.45, 7) is -0.0564. The second-order valence-electron chi connectivity index (χ2n) is 4.63. The van der Waals surface area contributed by atoms with Gasteiger partial charge in [-0.3, -0.25) is 4.79 Å². The number of rotatable bonds is 2. The number of benzene rings is 1. The van der Waals surface area contributed by atoms with Crippen molar-refractivity contribution in [3.05, 3.63) is 33.6 Å². The van der Waals surface area contributed by atoms with Crippen molar-refractivity contribution in [2.75, 3.05) is 13.7 Å². The topological polar surface area (TPSA) is 66.8 Å². The second kappa shape index (κ2) is 6.17. The maximum Gasteiger partial charge on any atom is 0.328 e. The Balaban J connectivity index is 2.34. The van der Waals surface area contributed by atoms with Crippen LogP contribution in [0, 0.1) is 5.82 Å². The molecule has 0 spiro atoms. The molecule has 0 aliphatic carbocycles. The van der Waals surface area contributed by atoms with Crippen LogP contribution in [0.15, 0.2) is 12.1 Å². The monoisotopic (exact) mass is 335 g/mol. The molecule has 0 bridgehead atoms. The maximum atomic E-state index is 13.5. The van der Waals surface area contributed by atoms with E-state index in [1.807, 2.05) is 0 Å². The molecule has 21 heavy (non-hydrogen) atoms. The number of methoxy groups -OCH3 is 1. The SMILES string of the molecule is COC(=O)[C@@H]1C[C@@H](O)CN1C(=O)c1cc(F)c(Cl)cc1Cl. The minimum absolute atomic E-state index is 0.0311. The molecule has 0 unspecified atom stereocenters. The number of ether oxygens (including phenoxy) is 1. The molecule has 0 radical (unpaired) electrons. The number of amides is 1. The van der Waals surface area contributed by atoms with Crippen LogP contribution in [0.3, 0.4) is 0 Å². The highest BCUT2D eigenvalue weighted by atomic mass is 35.5. The summed E-state index contributed by atoms with van der Waals surface area (Å²) in [6, 6.07) is 1.10. The summed E-state index contributed by atoms with van der Waals surface area (Å²) in [5.41, 5.74) is -0.124. The van der Waals surface area contributed by atoms with Gasteiger partial charge in [0, 0.05) is 13.0 Å². The number of carbonyl (C=O) groups excluding carboxylic acids is 2. The number of likely N-dealkylation sites (tertiary alicyclic amines) is 1. The lowest BCUT2D eigenvalue weighted by atomic mass is 10.1. The summed E-state index contributed by atoms with van der Waals surface area (Å²) in [7, 11) is 1.19. The van der Waals surface area contributed by atoms with Crippen molar-refractivity contribution < 1.29 is 23.8 Å². The van der Waals surface area contributed by atoms with Gasteiger partial charge in [-0.15, -0.1) is 0 Å². The molecule has 1 aliphatic heterocycles. The lowest BCUT2D eigenvalue weighted by molar-refractivity contribution is -0.145. The predicted octanol–water partition coefficient (Wildman–Crippen LogP) is 1.88. The first-order chi connectivity index (χ1) is 9.85. The molecule has 1 aromatic rings. The number of nitrogens with zero attached hydrogens (tertiary/aromatic N) is 1. The summed E-state index contributed by atoms with van der Waals surface area (Å²) in [6.07, 6.45) is -0.791. The normalized spacial score (nSPS) is 21.5. The van der Waals surface area contributed by atoms with E-state index in [1.54, 1.807) is 0 Å². The lowest BCUT2D eigenvalue weighted by Gasteiger charge is -2.23. The number of carbonyl (C=O) groups is 2. The number of halogens is 3. The predicted molar refractivity (Wildman–Crippen MR) is 73.9 cm³/mol. The highest BCUT2D eigenvalue weighted by Crippen LogP contribution is 2.28. The van der Waals surface area contributed by atoms with E-state index in [2.05, 4.69) is 4.74 Å². The molecule has 1 aliphatic rings. The van der Waals surface area contributed by atoms with Crippen LogP contribution in [-0.4, -0.2) is 47.7 Å². The average molecular weight is 336 g/mol. The van der Waals surface area contributed by atoms with E-state index in [4.69, 9.17) is 23.2 Å². The summed E-state index contributed by atoms with van der Waals surface area (Å²) >= 11 is 11.5. The maximum absolute atomic E-state index is 13.5. The third-order valence-corrected chi connectivity index (χ3v) is 3.86. The number of β-amino-alcohol motifs (C(OH)–C–C–N with tert-alkyl or cyclic N) is 1. The van der Waals surface area contributed by atoms with Crippen LogP contribution in [-0.2, 0) is 9.53 Å². The van der Waals surface area contributed by atoms with Crippen molar-refractivity contribution in [3.63, 3.8) is 0 Å². The first-order valence-electron chi connectivity index (χ1n) is 6.06. The molecule has 1 fully saturated rings. The Kier molecular flexibility index (Phi) is 4.70. The fraction of sp³-hybridized carbons (Fsp3) is 0.385. The Bertz CT molecular complexity index is 596. The van der Waals surface area contributed by atoms with Gasteiger partial charge in [0.1, 0.15) is 11.9 Å². The Hall–Kier alpha value is -1.37. The molecular formula is C13H12Cl2FNO4. The van der Waals surface area contributed by atoms with Crippen LogP contribution in [0.25, 0.3) is 0 Å². The number of aliphatic hydroxyl groups is 1. The van der Waals surface area contributed by atoms with Crippen LogP contribution in [0.4, 0.5) is 4.39 Å². The fourth-order valence-electron chi connectivity index (χ4n) is 2.24. The Labute approximate surface area is 130 Å². The molecule has 2 rings (SSSR count). The number of aliphatic hydroxyl groups excluding tert-OH is 1. The molecule has 0 saturated carbocycles. The Morgan fingerprint density at radius 1 is 1.38 bits per heavy atom. The van der Waals surface area contributed by atoms with E-state index in [0.29, 0.717) is 0 Å². The highest BCUT2D eigenvalue weighted by molar-refractivity contribution is 6.36. The molecule has 2 atom stereocenters. The van der Waals surface area contributed by atoms with Crippen LogP contribution >= 0.6 is 23.2 Å². The van der Waals surface area contributed by atoms with Gasteiger partial charge in [0.05, 0.1) is 28.8 Å². The largest absolute Gasteiger partial charge is 0.467 e. The molecule has 1 heterocycles. The first-order valence-corrected chi connectivity index (χ1v) is 6.82. The second-order valence-corrected chi connectivity index (χ2v) is 5.45. The Morgan fingerprint density at radius 2 is 2.05 bits per heavy atom. The Morgan fingerprint density at radius 3 is 2.67 bits per heavy atom. The van der Waals surface area contributed by atoms with Crippen molar-refractivity contribution in [2.45, 2.75) is 18.6 Å². The summed E-state index contributed by atoms with van der Waals surface area (Å²) in [4.78, 5) is 25.2. The van der Waals surface area contributed by atoms with E-state index in [9.17, 15) is 19.1 Å². The summed E-state index contributed by atoms with van der Waals surface area (Å²) < 4.78 is 18.1. The van der Waals surface area contributed by atoms with E-state index in [1.165, 1.54) is 7.11 Å². The third kappa shape index (κ3) is 3.12. The van der Waals surface area contributed by atoms with Gasteiger partial charge in [-0.2, -0.15) is 0 Å². The number of hydrogen-bond acceptors (Lipinski definition) is 4. The van der Waals surface area contributed by atoms with Gasteiger partial charge in [-0.05, 0) is 12.1 Å². The van der Waals surface area contributed by atoms with Gasteiger partial charge in [0.25, 0.3) is 5.91 Å². The van der Waals surface area contributed by atoms with Crippen LogP contribution in [0.5, 0.6) is 0 Å². The van der Waals surface area contributed by atoms with Crippen molar-refractivity contribution >= 4 is 35.1 Å². The zero-order valence-corrected chi connectivity index (χ0v) is 12.5. The van der Waals surface area contributed by atoms with E-state index in [0.717, 1.165) is 17.0 Å². The number of esters is 1. The van der Waals surface area contributed by atoms with Gasteiger partial charge in [-0.25, -0.2) is 9.18 Å². The minimum atomic E-state index is -0.924. The smallest absolute Gasteiger partial charge is 0.328 e. The van der Waals surface area contributed by atoms with Crippen LogP contribution < -0.4 is 0 Å². The molecule has 1 saturated heterocycles. The lowest BCUT2D eigenvalue weighted by Crippen LogP contribution is -2.41. The van der Waals surface area contributed by atoms with Crippen molar-refractivity contribution in [1.29, 1.82) is 0 Å². The van der Waals surface area contributed by atoms with Gasteiger partial charge in [0.2, 0.25) is 0 Å². The standard InChI is InChI=1S/C13H12Cl2FNO4/c1-21-13(20)11-2-6(18)5-17(11)12(19)7-3-10(16)9(15)4-8(7)14/h3-4,6,11,18H,2,5H2,1H3/t6-,11+/m1/s1. The van der Waals surface area contributed by atoms with Gasteiger partial charge < -0.3 is 14.7 Å². The van der Waals surface area contributed by atoms with Crippen molar-refractivity contribution in [2.24, 2.45) is 0 Å². The quantitative estimate of drug-likeness (QED) is 0.662. The average Bonchev–Trinajstić information content (AvgIpc) is 2.83. The van der Waals surface area contributed by atoms with E-state index in [-0.39, 0.29) is 28.6 Å². The molecule has 114 valence electrons. The summed E-state index contributed by atoms with van der Waals surface area (Å²) in [5.74, 6) is -2.10. The van der Waals surface area contributed by atoms with Crippen molar-refractivity contribution in [3.8, 4) is 0 Å². The highest BCUT2D eigenvalue weighted by Gasteiger charge is 2.40. The van der Waals surface area contributed by atoms with Crippen molar-refractivity contribution in [1.82, 2.24) is 4.90 Å². The molecule has 8 heteroatoms. The minimum Gasteiger partial charge on any atom is -0.467 e. The van der Waals surface area contributed by atoms with E-state index < -0.39 is 29.8 Å². The molecule has 1 aromatic carbocycles. The number of hydrogen-bond donors (Lipinski definition) is 1. The fourth-order valence-corrected chi connectivity index (χ4v) is 2.70.